The van der Waals surface area contributed by atoms with E-state index < -0.39 is 5.97 Å². The lowest BCUT2D eigenvalue weighted by Gasteiger charge is -2.11. The highest BCUT2D eigenvalue weighted by Gasteiger charge is 2.12. The Hall–Kier alpha value is -4.12. The van der Waals surface area contributed by atoms with E-state index in [1.807, 2.05) is 13.0 Å². The average Bonchev–Trinajstić information content (AvgIpc) is 2.79. The van der Waals surface area contributed by atoms with E-state index in [0.717, 1.165) is 5.56 Å². The van der Waals surface area contributed by atoms with Gasteiger partial charge in [-0.1, -0.05) is 18.2 Å². The monoisotopic (exact) mass is 419 g/mol. The first-order valence-corrected chi connectivity index (χ1v) is 9.58. The number of benzene rings is 2. The van der Waals surface area contributed by atoms with Crippen LogP contribution >= 0.6 is 0 Å². The quantitative estimate of drug-likeness (QED) is 0.408. The van der Waals surface area contributed by atoms with Crippen molar-refractivity contribution >= 4 is 22.9 Å². The summed E-state index contributed by atoms with van der Waals surface area (Å²) in [5.74, 6) is 0.760. The fourth-order valence-corrected chi connectivity index (χ4v) is 2.97. The van der Waals surface area contributed by atoms with Crippen LogP contribution in [0.3, 0.4) is 0 Å². The molecule has 3 aromatic rings. The number of nitriles is 1. The summed E-state index contributed by atoms with van der Waals surface area (Å²) in [6.45, 7) is 1.92. The van der Waals surface area contributed by atoms with Crippen LogP contribution in [0.25, 0.3) is 17.0 Å². The van der Waals surface area contributed by atoms with E-state index in [2.05, 4.69) is 4.98 Å². The van der Waals surface area contributed by atoms with E-state index in [4.69, 9.17) is 19.5 Å². The van der Waals surface area contributed by atoms with Crippen molar-refractivity contribution in [1.82, 2.24) is 9.55 Å². The van der Waals surface area contributed by atoms with Gasteiger partial charge >= 0.3 is 5.97 Å². The van der Waals surface area contributed by atoms with Crippen molar-refractivity contribution in [2.45, 2.75) is 20.1 Å². The van der Waals surface area contributed by atoms with Gasteiger partial charge in [0.15, 0.2) is 17.3 Å². The summed E-state index contributed by atoms with van der Waals surface area (Å²) >= 11 is 0. The van der Waals surface area contributed by atoms with Crippen molar-refractivity contribution in [2.75, 3.05) is 13.7 Å². The number of aromatic nitrogens is 2. The Balaban J connectivity index is 1.76. The number of ether oxygens (including phenoxy) is 3. The molecule has 8 nitrogen and oxygen atoms in total. The highest BCUT2D eigenvalue weighted by Crippen LogP contribution is 2.28. The topological polar surface area (TPSA) is 103 Å². The molecule has 1 aromatic heterocycles. The lowest BCUT2D eigenvalue weighted by molar-refractivity contribution is -0.139. The van der Waals surface area contributed by atoms with Crippen LogP contribution in [0.15, 0.2) is 53.3 Å². The first-order chi connectivity index (χ1) is 15.1. The van der Waals surface area contributed by atoms with Crippen molar-refractivity contribution < 1.29 is 19.0 Å². The fourth-order valence-electron chi connectivity index (χ4n) is 2.97. The van der Waals surface area contributed by atoms with Gasteiger partial charge in [0, 0.05) is 6.08 Å². The molecule has 0 spiro atoms. The molecule has 0 amide bonds. The Bertz CT molecular complexity index is 1220. The number of para-hydroxylation sites is 1. The van der Waals surface area contributed by atoms with Crippen molar-refractivity contribution in [3.05, 3.63) is 70.3 Å². The second-order valence-electron chi connectivity index (χ2n) is 6.38. The molecule has 8 heteroatoms. The zero-order valence-corrected chi connectivity index (χ0v) is 17.2. The van der Waals surface area contributed by atoms with Gasteiger partial charge in [-0.15, -0.1) is 0 Å². The zero-order valence-electron chi connectivity index (χ0n) is 17.2. The number of methoxy groups -OCH3 is 1. The largest absolute Gasteiger partial charge is 0.493 e. The van der Waals surface area contributed by atoms with E-state index in [9.17, 15) is 9.59 Å². The van der Waals surface area contributed by atoms with Gasteiger partial charge < -0.3 is 14.2 Å². The van der Waals surface area contributed by atoms with Crippen LogP contribution in [-0.2, 0) is 22.7 Å². The van der Waals surface area contributed by atoms with Crippen molar-refractivity contribution in [1.29, 1.82) is 5.26 Å². The van der Waals surface area contributed by atoms with Crippen LogP contribution in [0.1, 0.15) is 18.3 Å². The number of rotatable bonds is 8. The lowest BCUT2D eigenvalue weighted by Crippen LogP contribution is -2.26. The minimum atomic E-state index is -0.611. The summed E-state index contributed by atoms with van der Waals surface area (Å²) in [7, 11) is 1.55. The summed E-state index contributed by atoms with van der Waals surface area (Å²) < 4.78 is 17.2. The Morgan fingerprint density at radius 3 is 2.77 bits per heavy atom. The van der Waals surface area contributed by atoms with Gasteiger partial charge in [-0.05, 0) is 42.8 Å². The van der Waals surface area contributed by atoms with Gasteiger partial charge in [0.05, 0.1) is 30.7 Å². The van der Waals surface area contributed by atoms with Crippen LogP contribution in [0, 0.1) is 11.3 Å². The molecule has 158 valence electrons. The molecule has 2 aromatic carbocycles. The van der Waals surface area contributed by atoms with Gasteiger partial charge in [0.2, 0.25) is 0 Å². The molecule has 3 rings (SSSR count). The number of nitrogens with zero attached hydrogens (tertiary/aromatic N) is 3. The van der Waals surface area contributed by atoms with E-state index in [1.54, 1.807) is 55.7 Å². The Morgan fingerprint density at radius 1 is 1.23 bits per heavy atom. The van der Waals surface area contributed by atoms with Crippen LogP contribution in [-0.4, -0.2) is 29.2 Å². The third-order valence-electron chi connectivity index (χ3n) is 4.41. The van der Waals surface area contributed by atoms with Gasteiger partial charge in [-0.25, -0.2) is 9.78 Å². The number of hydrogen-bond acceptors (Lipinski definition) is 7. The normalized spacial score (nSPS) is 10.7. The summed E-state index contributed by atoms with van der Waals surface area (Å²) in [6.07, 6.45) is 2.85. The van der Waals surface area contributed by atoms with Gasteiger partial charge in [-0.3, -0.25) is 9.36 Å². The molecule has 0 fully saturated rings. The Labute approximate surface area is 178 Å². The third kappa shape index (κ3) is 5.08. The van der Waals surface area contributed by atoms with Crippen LogP contribution in [0.5, 0.6) is 11.5 Å². The first kappa shape index (κ1) is 21.6. The number of esters is 1. The van der Waals surface area contributed by atoms with E-state index >= 15 is 0 Å². The minimum absolute atomic E-state index is 0.189. The second kappa shape index (κ2) is 10.1. The number of fused-ring (bicyclic) bond motifs is 1. The van der Waals surface area contributed by atoms with Crippen molar-refractivity contribution in [3.8, 4) is 17.6 Å². The predicted molar refractivity (Wildman–Crippen MR) is 115 cm³/mol. The third-order valence-corrected chi connectivity index (χ3v) is 4.41. The molecule has 0 aliphatic rings. The summed E-state index contributed by atoms with van der Waals surface area (Å²) in [5.41, 5.74) is 0.854. The molecule has 0 unspecified atom stereocenters. The number of hydrogen-bond donors (Lipinski definition) is 0. The maximum absolute atomic E-state index is 12.6. The summed E-state index contributed by atoms with van der Waals surface area (Å²) in [4.78, 5) is 29.2. The smallest absolute Gasteiger partial charge is 0.331 e. The molecule has 31 heavy (non-hydrogen) atoms. The van der Waals surface area contributed by atoms with Gasteiger partial charge in [-0.2, -0.15) is 5.26 Å². The average molecular weight is 419 g/mol. The van der Waals surface area contributed by atoms with E-state index in [-0.39, 0.29) is 24.5 Å². The molecule has 0 saturated heterocycles. The first-order valence-electron chi connectivity index (χ1n) is 9.58. The van der Waals surface area contributed by atoms with E-state index in [0.29, 0.717) is 29.0 Å². The zero-order chi connectivity index (χ0) is 22.2. The highest BCUT2D eigenvalue weighted by atomic mass is 16.5. The molecule has 0 bridgehead atoms. The minimum Gasteiger partial charge on any atom is -0.493 e. The predicted octanol–water partition coefficient (Wildman–Crippen LogP) is 3.08. The molecule has 0 aliphatic carbocycles. The maximum Gasteiger partial charge on any atom is 0.331 e. The van der Waals surface area contributed by atoms with Crippen molar-refractivity contribution in [3.63, 3.8) is 0 Å². The molecule has 0 N–H and O–H groups in total. The fraction of sp³-hybridized carbons (Fsp3) is 0.217. The molecular formula is C23H21N3O5. The molecule has 0 aliphatic heterocycles. The van der Waals surface area contributed by atoms with Crippen LogP contribution in [0.4, 0.5) is 0 Å². The molecular weight excluding hydrogens is 398 g/mol. The second-order valence-corrected chi connectivity index (χ2v) is 6.38. The van der Waals surface area contributed by atoms with E-state index in [1.165, 1.54) is 10.6 Å². The van der Waals surface area contributed by atoms with Crippen LogP contribution in [0.2, 0.25) is 0 Å². The van der Waals surface area contributed by atoms with Gasteiger partial charge in [0.1, 0.15) is 13.2 Å². The lowest BCUT2D eigenvalue weighted by atomic mass is 10.2. The Kier molecular flexibility index (Phi) is 7.01. The molecule has 0 atom stereocenters. The summed E-state index contributed by atoms with van der Waals surface area (Å²) in [6, 6.07) is 14.0. The maximum atomic E-state index is 12.6. The summed E-state index contributed by atoms with van der Waals surface area (Å²) in [5, 5.41) is 9.45. The number of carbonyl (C=O) groups is 1. The molecule has 0 radical (unpaired) electrons. The van der Waals surface area contributed by atoms with Crippen LogP contribution < -0.4 is 15.0 Å². The van der Waals surface area contributed by atoms with Crippen molar-refractivity contribution in [2.24, 2.45) is 0 Å². The standard InChI is InChI=1S/C23H21N3O5/c1-3-30-20-14-16(8-10-19(20)29-2)9-11-22(27)31-15-21-25-18-7-5-4-6-17(18)23(28)26(21)13-12-24/h4-11,14H,3,13,15H2,1-2H3/b11-9+. The highest BCUT2D eigenvalue weighted by molar-refractivity contribution is 5.87. The SMILES string of the molecule is CCOc1cc(/C=C/C(=O)OCc2nc3ccccc3c(=O)n2CC#N)ccc1OC. The molecule has 1 heterocycles. The Morgan fingerprint density at radius 2 is 2.03 bits per heavy atom. The van der Waals surface area contributed by atoms with Gasteiger partial charge in [0.25, 0.3) is 5.56 Å². The number of carbonyl (C=O) groups excluding carboxylic acids is 1. The molecule has 0 saturated carbocycles.